The van der Waals surface area contributed by atoms with Gasteiger partial charge in [-0.3, -0.25) is 14.4 Å². The van der Waals surface area contributed by atoms with E-state index in [0.717, 1.165) is 4.90 Å². The van der Waals surface area contributed by atoms with Crippen molar-refractivity contribution in [3.63, 3.8) is 0 Å². The van der Waals surface area contributed by atoms with Crippen LogP contribution in [0.25, 0.3) is 6.08 Å². The van der Waals surface area contributed by atoms with Gasteiger partial charge in [0.25, 0.3) is 0 Å². The third-order valence-electron chi connectivity index (χ3n) is 4.65. The molecule has 36 heavy (non-hydrogen) atoms. The van der Waals surface area contributed by atoms with Crippen molar-refractivity contribution >= 4 is 30.0 Å². The van der Waals surface area contributed by atoms with Crippen LogP contribution in [0.4, 0.5) is 4.79 Å². The van der Waals surface area contributed by atoms with Crippen LogP contribution in [0.3, 0.4) is 0 Å². The third-order valence-corrected chi connectivity index (χ3v) is 4.65. The van der Waals surface area contributed by atoms with Crippen LogP contribution in [0.5, 0.6) is 0 Å². The minimum atomic E-state index is -1.48. The Morgan fingerprint density at radius 3 is 2.53 bits per heavy atom. The van der Waals surface area contributed by atoms with Gasteiger partial charge in [-0.1, -0.05) is 30.9 Å². The van der Waals surface area contributed by atoms with Gasteiger partial charge in [0.15, 0.2) is 0 Å². The Morgan fingerprint density at radius 2 is 1.97 bits per heavy atom. The SMILES string of the molecule is C=Cc1cccc(C(C(=O)NCCC(=O)OCC)N(CC#N)C(=O)C(CO)NC(=O)OC(C)(C)C)c1. The lowest BCUT2D eigenvalue weighted by atomic mass is 10.0. The van der Waals surface area contributed by atoms with Crippen molar-refractivity contribution in [3.8, 4) is 6.07 Å². The largest absolute Gasteiger partial charge is 0.466 e. The maximum atomic E-state index is 13.4. The molecule has 11 nitrogen and oxygen atoms in total. The van der Waals surface area contributed by atoms with Crippen LogP contribution in [0, 0.1) is 11.3 Å². The molecule has 0 heterocycles. The maximum absolute atomic E-state index is 13.4. The van der Waals surface area contributed by atoms with E-state index in [4.69, 9.17) is 9.47 Å². The molecule has 196 valence electrons. The fraction of sp³-hybridized carbons (Fsp3) is 0.480. The summed E-state index contributed by atoms with van der Waals surface area (Å²) in [6.07, 6.45) is 0.511. The van der Waals surface area contributed by atoms with Gasteiger partial charge in [0, 0.05) is 6.54 Å². The molecule has 0 aromatic heterocycles. The van der Waals surface area contributed by atoms with Crippen molar-refractivity contribution in [1.82, 2.24) is 15.5 Å². The minimum absolute atomic E-state index is 0.0660. The smallest absolute Gasteiger partial charge is 0.408 e. The number of alkyl carbamates (subject to hydrolysis) is 1. The van der Waals surface area contributed by atoms with Crippen LogP contribution in [0.15, 0.2) is 30.8 Å². The second-order valence-electron chi connectivity index (χ2n) is 8.63. The molecule has 2 unspecified atom stereocenters. The normalized spacial score (nSPS) is 12.3. The minimum Gasteiger partial charge on any atom is -0.466 e. The molecular weight excluding hydrogens is 468 g/mol. The number of ether oxygens (including phenoxy) is 2. The molecular formula is C25H34N4O7. The molecule has 0 bridgehead atoms. The highest BCUT2D eigenvalue weighted by Crippen LogP contribution is 2.24. The Labute approximate surface area is 211 Å². The Hall–Kier alpha value is -3.91. The highest BCUT2D eigenvalue weighted by Gasteiger charge is 2.36. The molecule has 0 aliphatic carbocycles. The zero-order valence-electron chi connectivity index (χ0n) is 21.1. The molecule has 0 aliphatic rings. The number of nitriles is 1. The first-order chi connectivity index (χ1) is 17.0. The van der Waals surface area contributed by atoms with Gasteiger partial charge in [-0.15, -0.1) is 0 Å². The highest BCUT2D eigenvalue weighted by atomic mass is 16.6. The van der Waals surface area contributed by atoms with E-state index in [9.17, 15) is 29.5 Å². The molecule has 2 atom stereocenters. The average molecular weight is 503 g/mol. The summed E-state index contributed by atoms with van der Waals surface area (Å²) in [6, 6.07) is 5.67. The fourth-order valence-corrected chi connectivity index (χ4v) is 3.15. The van der Waals surface area contributed by atoms with E-state index in [1.807, 2.05) is 6.07 Å². The summed E-state index contributed by atoms with van der Waals surface area (Å²) in [4.78, 5) is 51.4. The summed E-state index contributed by atoms with van der Waals surface area (Å²) >= 11 is 0. The molecule has 1 aromatic carbocycles. The standard InChI is InChI=1S/C25H34N4O7/c1-6-17-9-8-10-18(15-17)21(22(32)27-13-11-20(31)35-7-2)29(14-12-26)23(33)19(16-30)28-24(34)36-25(3,4)5/h6,8-10,15,19,21,30H,1,7,11,13-14,16H2,2-5H3,(H,27,32)(H,28,34). The van der Waals surface area contributed by atoms with Gasteiger partial charge in [0.2, 0.25) is 11.8 Å². The van der Waals surface area contributed by atoms with Crippen molar-refractivity contribution in [3.05, 3.63) is 42.0 Å². The monoisotopic (exact) mass is 502 g/mol. The molecule has 3 amide bonds. The van der Waals surface area contributed by atoms with E-state index >= 15 is 0 Å². The van der Waals surface area contributed by atoms with Crippen LogP contribution < -0.4 is 10.6 Å². The zero-order chi connectivity index (χ0) is 27.3. The van der Waals surface area contributed by atoms with Gasteiger partial charge in [-0.05, 0) is 44.9 Å². The lowest BCUT2D eigenvalue weighted by Gasteiger charge is -2.32. The van der Waals surface area contributed by atoms with Gasteiger partial charge in [0.1, 0.15) is 24.2 Å². The number of amides is 3. The number of hydrogen-bond donors (Lipinski definition) is 3. The van der Waals surface area contributed by atoms with Gasteiger partial charge < -0.3 is 30.1 Å². The molecule has 0 spiro atoms. The Balaban J connectivity index is 3.31. The summed E-state index contributed by atoms with van der Waals surface area (Å²) in [7, 11) is 0. The topological polar surface area (TPSA) is 158 Å². The Kier molecular flexibility index (Phi) is 12.1. The zero-order valence-corrected chi connectivity index (χ0v) is 21.1. The molecule has 0 saturated heterocycles. The van der Waals surface area contributed by atoms with Gasteiger partial charge >= 0.3 is 12.1 Å². The quantitative estimate of drug-likeness (QED) is 0.288. The third kappa shape index (κ3) is 9.76. The van der Waals surface area contributed by atoms with E-state index in [2.05, 4.69) is 17.2 Å². The number of benzene rings is 1. The first-order valence-corrected chi connectivity index (χ1v) is 11.4. The Bertz CT molecular complexity index is 981. The van der Waals surface area contributed by atoms with Crippen LogP contribution in [-0.2, 0) is 23.9 Å². The molecule has 3 N–H and O–H groups in total. The first kappa shape index (κ1) is 30.1. The fourth-order valence-electron chi connectivity index (χ4n) is 3.15. The predicted molar refractivity (Wildman–Crippen MR) is 131 cm³/mol. The molecule has 0 fully saturated rings. The maximum Gasteiger partial charge on any atom is 0.408 e. The number of hydrogen-bond acceptors (Lipinski definition) is 8. The first-order valence-electron chi connectivity index (χ1n) is 11.4. The summed E-state index contributed by atoms with van der Waals surface area (Å²) in [5.41, 5.74) is 0.164. The summed E-state index contributed by atoms with van der Waals surface area (Å²) < 4.78 is 10.00. The number of carbonyl (C=O) groups is 4. The van der Waals surface area contributed by atoms with Gasteiger partial charge in [-0.25, -0.2) is 4.79 Å². The van der Waals surface area contributed by atoms with Crippen LogP contribution in [0.1, 0.15) is 51.3 Å². The van der Waals surface area contributed by atoms with Crippen molar-refractivity contribution in [2.75, 3.05) is 26.3 Å². The average Bonchev–Trinajstić information content (AvgIpc) is 2.81. The number of carbonyl (C=O) groups excluding carboxylic acids is 4. The van der Waals surface area contributed by atoms with Gasteiger partial charge in [-0.2, -0.15) is 5.26 Å². The number of rotatable bonds is 12. The van der Waals surface area contributed by atoms with E-state index in [1.165, 1.54) is 0 Å². The van der Waals surface area contributed by atoms with Crippen molar-refractivity contribution < 1.29 is 33.8 Å². The van der Waals surface area contributed by atoms with Crippen LogP contribution >= 0.6 is 0 Å². The molecule has 0 radical (unpaired) electrons. The van der Waals surface area contributed by atoms with E-state index < -0.39 is 54.7 Å². The lowest BCUT2D eigenvalue weighted by molar-refractivity contribution is -0.144. The van der Waals surface area contributed by atoms with E-state index in [1.54, 1.807) is 58.0 Å². The summed E-state index contributed by atoms with van der Waals surface area (Å²) in [5, 5.41) is 24.1. The second kappa shape index (κ2) is 14.5. The van der Waals surface area contributed by atoms with E-state index in [0.29, 0.717) is 11.1 Å². The Morgan fingerprint density at radius 1 is 1.28 bits per heavy atom. The molecule has 11 heteroatoms. The molecule has 0 aliphatic heterocycles. The van der Waals surface area contributed by atoms with Gasteiger partial charge in [0.05, 0.1) is 25.7 Å². The summed E-state index contributed by atoms with van der Waals surface area (Å²) in [6.45, 7) is 9.06. The van der Waals surface area contributed by atoms with Crippen molar-refractivity contribution in [1.29, 1.82) is 5.26 Å². The molecule has 1 rings (SSSR count). The van der Waals surface area contributed by atoms with Crippen molar-refractivity contribution in [2.45, 2.75) is 51.8 Å². The predicted octanol–water partition coefficient (Wildman–Crippen LogP) is 1.68. The molecule has 1 aromatic rings. The van der Waals surface area contributed by atoms with E-state index in [-0.39, 0.29) is 19.6 Å². The molecule has 0 saturated carbocycles. The summed E-state index contributed by atoms with van der Waals surface area (Å²) in [5.74, 6) is -2.05. The lowest BCUT2D eigenvalue weighted by Crippen LogP contribution is -2.54. The van der Waals surface area contributed by atoms with Crippen LogP contribution in [0.2, 0.25) is 0 Å². The van der Waals surface area contributed by atoms with Crippen LogP contribution in [-0.4, -0.2) is 71.8 Å². The highest BCUT2D eigenvalue weighted by molar-refractivity contribution is 5.92. The second-order valence-corrected chi connectivity index (χ2v) is 8.63. The number of aliphatic hydroxyl groups is 1. The van der Waals surface area contributed by atoms with Crippen molar-refractivity contribution in [2.24, 2.45) is 0 Å². The number of nitrogens with zero attached hydrogens (tertiary/aromatic N) is 2. The number of esters is 1. The number of nitrogens with one attached hydrogen (secondary N) is 2. The number of aliphatic hydroxyl groups excluding tert-OH is 1.